The van der Waals surface area contributed by atoms with Crippen molar-refractivity contribution in [2.75, 3.05) is 45.2 Å². The van der Waals surface area contributed by atoms with E-state index in [2.05, 4.69) is 20.5 Å². The molecule has 0 bridgehead atoms. The van der Waals surface area contributed by atoms with Crippen LogP contribution in [0.25, 0.3) is 11.3 Å². The van der Waals surface area contributed by atoms with Crippen molar-refractivity contribution in [2.24, 2.45) is 5.92 Å². The first-order valence-corrected chi connectivity index (χ1v) is 13.0. The minimum Gasteiger partial charge on any atom is -0.496 e. The summed E-state index contributed by atoms with van der Waals surface area (Å²) in [5.41, 5.74) is 0.485. The molecular formula is C27H37N5O5. The van der Waals surface area contributed by atoms with Gasteiger partial charge in [0.25, 0.3) is 0 Å². The summed E-state index contributed by atoms with van der Waals surface area (Å²) in [7, 11) is 1.52. The molecule has 2 aliphatic rings. The molecule has 10 heteroatoms. The summed E-state index contributed by atoms with van der Waals surface area (Å²) in [6, 6.07) is 5.03. The Balaban J connectivity index is 1.26. The Labute approximate surface area is 217 Å². The molecule has 0 unspecified atom stereocenters. The lowest BCUT2D eigenvalue weighted by atomic mass is 9.88. The summed E-state index contributed by atoms with van der Waals surface area (Å²) in [5, 5.41) is 5.47. The van der Waals surface area contributed by atoms with E-state index in [1.165, 1.54) is 19.9 Å². The summed E-state index contributed by atoms with van der Waals surface area (Å²) >= 11 is 0. The SMILES string of the molecule is COc1cc(NC(=O)C(=O)NC(C)(C)CN2CCN(C(=O)C3CCCCC3)CC2)ccc1-c1cnco1. The van der Waals surface area contributed by atoms with Gasteiger partial charge in [-0.3, -0.25) is 19.3 Å². The molecule has 1 aromatic carbocycles. The smallest absolute Gasteiger partial charge is 0.313 e. The Hall–Kier alpha value is -3.40. The van der Waals surface area contributed by atoms with E-state index in [0.717, 1.165) is 38.8 Å². The second-order valence-electron chi connectivity index (χ2n) is 10.5. The molecule has 1 saturated heterocycles. The maximum atomic E-state index is 12.8. The van der Waals surface area contributed by atoms with Crippen molar-refractivity contribution in [2.45, 2.75) is 51.5 Å². The number of aromatic nitrogens is 1. The van der Waals surface area contributed by atoms with Crippen LogP contribution < -0.4 is 15.4 Å². The van der Waals surface area contributed by atoms with E-state index < -0.39 is 17.4 Å². The van der Waals surface area contributed by atoms with Crippen molar-refractivity contribution in [3.05, 3.63) is 30.8 Å². The molecule has 3 amide bonds. The highest BCUT2D eigenvalue weighted by atomic mass is 16.5. The number of carbonyl (C=O) groups is 3. The third kappa shape index (κ3) is 6.88. The molecule has 1 aliphatic heterocycles. The van der Waals surface area contributed by atoms with Crippen molar-refractivity contribution in [1.82, 2.24) is 20.1 Å². The second kappa shape index (κ2) is 11.8. The largest absolute Gasteiger partial charge is 0.496 e. The molecule has 10 nitrogen and oxygen atoms in total. The molecule has 200 valence electrons. The predicted octanol–water partition coefficient (Wildman–Crippen LogP) is 2.91. The Morgan fingerprint density at radius 3 is 2.46 bits per heavy atom. The molecule has 0 atom stereocenters. The van der Waals surface area contributed by atoms with Crippen LogP contribution in [0.2, 0.25) is 0 Å². The van der Waals surface area contributed by atoms with Crippen LogP contribution in [0.5, 0.6) is 5.75 Å². The highest BCUT2D eigenvalue weighted by molar-refractivity contribution is 6.39. The standard InChI is InChI=1S/C27H37N5O5/c1-27(2,17-31-11-13-32(14-12-31)26(35)19-7-5-4-6-8-19)30-25(34)24(33)29-20-9-10-21(22(15-20)36-3)23-16-28-18-37-23/h9-10,15-16,18-19H,4-8,11-14,17H2,1-3H3,(H,29,33)(H,30,34). The van der Waals surface area contributed by atoms with Crippen LogP contribution in [0, 0.1) is 5.92 Å². The lowest BCUT2D eigenvalue weighted by molar-refractivity contribution is -0.138. The fourth-order valence-electron chi connectivity index (χ4n) is 5.21. The first-order valence-electron chi connectivity index (χ1n) is 13.0. The van der Waals surface area contributed by atoms with Gasteiger partial charge < -0.3 is 24.7 Å². The van der Waals surface area contributed by atoms with E-state index in [-0.39, 0.29) is 5.92 Å². The number of amides is 3. The summed E-state index contributed by atoms with van der Waals surface area (Å²) in [5.74, 6) is 0.0339. The van der Waals surface area contributed by atoms with E-state index >= 15 is 0 Å². The normalized spacial score (nSPS) is 17.3. The van der Waals surface area contributed by atoms with Gasteiger partial charge in [-0.25, -0.2) is 4.98 Å². The molecule has 2 heterocycles. The molecule has 4 rings (SSSR count). The van der Waals surface area contributed by atoms with Crippen LogP contribution in [0.4, 0.5) is 5.69 Å². The molecule has 2 fully saturated rings. The number of piperazine rings is 1. The van der Waals surface area contributed by atoms with Crippen LogP contribution in [0.3, 0.4) is 0 Å². The molecular weight excluding hydrogens is 474 g/mol. The van der Waals surface area contributed by atoms with Gasteiger partial charge in [-0.15, -0.1) is 0 Å². The van der Waals surface area contributed by atoms with E-state index in [1.807, 2.05) is 18.7 Å². The van der Waals surface area contributed by atoms with Gasteiger partial charge in [-0.2, -0.15) is 0 Å². The Morgan fingerprint density at radius 2 is 1.81 bits per heavy atom. The van der Waals surface area contributed by atoms with Gasteiger partial charge in [0.2, 0.25) is 5.91 Å². The van der Waals surface area contributed by atoms with Crippen LogP contribution >= 0.6 is 0 Å². The molecule has 1 aliphatic carbocycles. The topological polar surface area (TPSA) is 117 Å². The van der Waals surface area contributed by atoms with Crippen LogP contribution in [-0.2, 0) is 14.4 Å². The number of benzene rings is 1. The van der Waals surface area contributed by atoms with Crippen molar-refractivity contribution in [1.29, 1.82) is 0 Å². The first-order chi connectivity index (χ1) is 17.8. The molecule has 0 spiro atoms. The summed E-state index contributed by atoms with van der Waals surface area (Å²) < 4.78 is 10.7. The molecule has 2 aromatic rings. The van der Waals surface area contributed by atoms with E-state index in [1.54, 1.807) is 24.4 Å². The maximum absolute atomic E-state index is 12.8. The number of anilines is 1. The second-order valence-corrected chi connectivity index (χ2v) is 10.5. The number of rotatable bonds is 7. The number of nitrogens with one attached hydrogen (secondary N) is 2. The van der Waals surface area contributed by atoms with Gasteiger partial charge in [0.1, 0.15) is 5.75 Å². The third-order valence-corrected chi connectivity index (χ3v) is 7.07. The van der Waals surface area contributed by atoms with Crippen molar-refractivity contribution >= 4 is 23.4 Å². The van der Waals surface area contributed by atoms with Gasteiger partial charge in [-0.05, 0) is 38.8 Å². The van der Waals surface area contributed by atoms with Gasteiger partial charge in [-0.1, -0.05) is 19.3 Å². The Bertz CT molecular complexity index is 1090. The third-order valence-electron chi connectivity index (χ3n) is 7.07. The number of methoxy groups -OCH3 is 1. The first kappa shape index (κ1) is 26.7. The van der Waals surface area contributed by atoms with Gasteiger partial charge in [0.15, 0.2) is 12.2 Å². The number of nitrogens with zero attached hydrogens (tertiary/aromatic N) is 3. The zero-order valence-corrected chi connectivity index (χ0v) is 21.9. The zero-order valence-electron chi connectivity index (χ0n) is 21.9. The molecule has 1 saturated carbocycles. The molecule has 1 aromatic heterocycles. The molecule has 2 N–H and O–H groups in total. The minimum atomic E-state index is -0.759. The number of carbonyl (C=O) groups excluding carboxylic acids is 3. The van der Waals surface area contributed by atoms with E-state index in [0.29, 0.717) is 48.3 Å². The number of ether oxygens (including phenoxy) is 1. The highest BCUT2D eigenvalue weighted by Gasteiger charge is 2.32. The van der Waals surface area contributed by atoms with Crippen LogP contribution in [-0.4, -0.2) is 77.9 Å². The molecule has 0 radical (unpaired) electrons. The number of oxazole rings is 1. The zero-order chi connectivity index (χ0) is 26.4. The monoisotopic (exact) mass is 511 g/mol. The lowest BCUT2D eigenvalue weighted by Gasteiger charge is -2.40. The average molecular weight is 512 g/mol. The maximum Gasteiger partial charge on any atom is 0.313 e. The van der Waals surface area contributed by atoms with Gasteiger partial charge in [0, 0.05) is 55.9 Å². The fourth-order valence-corrected chi connectivity index (χ4v) is 5.21. The summed E-state index contributed by atoms with van der Waals surface area (Å²) in [4.78, 5) is 46.3. The fraction of sp³-hybridized carbons (Fsp3) is 0.556. The van der Waals surface area contributed by atoms with Crippen molar-refractivity contribution in [3.8, 4) is 17.1 Å². The van der Waals surface area contributed by atoms with Crippen LogP contribution in [0.15, 0.2) is 35.2 Å². The summed E-state index contributed by atoms with van der Waals surface area (Å²) in [6.07, 6.45) is 8.46. The van der Waals surface area contributed by atoms with Gasteiger partial charge in [0.05, 0.1) is 18.9 Å². The van der Waals surface area contributed by atoms with Crippen molar-refractivity contribution in [3.63, 3.8) is 0 Å². The summed E-state index contributed by atoms with van der Waals surface area (Å²) in [6.45, 7) is 7.27. The highest BCUT2D eigenvalue weighted by Crippen LogP contribution is 2.32. The number of hydrogen-bond acceptors (Lipinski definition) is 7. The van der Waals surface area contributed by atoms with Gasteiger partial charge >= 0.3 is 11.8 Å². The lowest BCUT2D eigenvalue weighted by Crippen LogP contribution is -2.58. The Morgan fingerprint density at radius 1 is 1.08 bits per heavy atom. The number of hydrogen-bond donors (Lipinski definition) is 2. The Kier molecular flexibility index (Phi) is 8.48. The van der Waals surface area contributed by atoms with E-state index in [4.69, 9.17) is 9.15 Å². The average Bonchev–Trinajstić information content (AvgIpc) is 3.43. The quantitative estimate of drug-likeness (QED) is 0.549. The van der Waals surface area contributed by atoms with E-state index in [9.17, 15) is 14.4 Å². The van der Waals surface area contributed by atoms with Crippen molar-refractivity contribution < 1.29 is 23.5 Å². The molecule has 37 heavy (non-hydrogen) atoms. The minimum absolute atomic E-state index is 0.188. The predicted molar refractivity (Wildman–Crippen MR) is 139 cm³/mol. The van der Waals surface area contributed by atoms with Crippen LogP contribution in [0.1, 0.15) is 46.0 Å².